The second-order valence-electron chi connectivity index (χ2n) is 3.72. The van der Waals surface area contributed by atoms with Crippen LogP contribution in [0.1, 0.15) is 58.3 Å². The van der Waals surface area contributed by atoms with Crippen molar-refractivity contribution in [1.29, 1.82) is 0 Å². The number of carbonyl (C=O) groups is 1. The maximum atomic E-state index is 9.92. The number of hydrogen-bond acceptors (Lipinski definition) is 2. The van der Waals surface area contributed by atoms with E-state index in [0.717, 1.165) is 19.3 Å². The van der Waals surface area contributed by atoms with Gasteiger partial charge in [0.1, 0.15) is 12.9 Å². The van der Waals surface area contributed by atoms with E-state index in [1.807, 2.05) is 0 Å². The van der Waals surface area contributed by atoms with E-state index in [4.69, 9.17) is 4.74 Å². The third-order valence-corrected chi connectivity index (χ3v) is 2.33. The van der Waals surface area contributed by atoms with E-state index in [1.54, 1.807) is 0 Å². The van der Waals surface area contributed by atoms with Crippen LogP contribution < -0.4 is 0 Å². The zero-order valence-electron chi connectivity index (χ0n) is 9.46. The van der Waals surface area contributed by atoms with E-state index in [-0.39, 0.29) is 36.2 Å². The molecule has 0 unspecified atom stereocenters. The molecule has 0 aliphatic carbocycles. The van der Waals surface area contributed by atoms with Crippen molar-refractivity contribution in [2.75, 3.05) is 13.2 Å². The molecule has 2 nitrogen and oxygen atoms in total. The van der Waals surface area contributed by atoms with Gasteiger partial charge in [0.2, 0.25) is 0 Å². The molecule has 0 N–H and O–H groups in total. The minimum absolute atomic E-state index is 0. The summed E-state index contributed by atoms with van der Waals surface area (Å²) < 4.78 is 5.06. The quantitative estimate of drug-likeness (QED) is 0.306. The Morgan fingerprint density at radius 2 is 1.47 bits per heavy atom. The molecule has 0 saturated heterocycles. The average Bonchev–Trinajstić information content (AvgIpc) is 2.21. The van der Waals surface area contributed by atoms with E-state index in [0.29, 0.717) is 0 Å². The Kier molecular flexibility index (Phi) is 20.5. The van der Waals surface area contributed by atoms with Crippen molar-refractivity contribution in [3.63, 3.8) is 0 Å². The van der Waals surface area contributed by atoms with E-state index in [1.165, 1.54) is 44.9 Å². The van der Waals surface area contributed by atoms with Crippen LogP contribution in [-0.2, 0) is 9.53 Å². The first-order valence-corrected chi connectivity index (χ1v) is 5.93. The molecule has 0 aliphatic rings. The van der Waals surface area contributed by atoms with Gasteiger partial charge in [0.05, 0.1) is 0 Å². The Hall–Kier alpha value is 0.630. The molecule has 0 heterocycles. The fraction of sp³-hybridized carbons (Fsp3) is 0.917. The van der Waals surface area contributed by atoms with Gasteiger partial charge in [-0.1, -0.05) is 51.9 Å². The fourth-order valence-corrected chi connectivity index (χ4v) is 1.47. The van der Waals surface area contributed by atoms with Gasteiger partial charge in [-0.25, -0.2) is 0 Å². The summed E-state index contributed by atoms with van der Waals surface area (Å²) in [5.41, 5.74) is 0. The van der Waals surface area contributed by atoms with Gasteiger partial charge in [-0.2, -0.15) is 0 Å². The van der Waals surface area contributed by atoms with Crippen molar-refractivity contribution in [3.8, 4) is 0 Å². The second-order valence-corrected chi connectivity index (χ2v) is 3.72. The number of unbranched alkanes of at least 4 members (excludes halogenated alkanes) is 7. The van der Waals surface area contributed by atoms with E-state index < -0.39 is 0 Å². The van der Waals surface area contributed by atoms with Crippen LogP contribution in [0.15, 0.2) is 0 Å². The molecule has 0 atom stereocenters. The number of aldehydes is 1. The Balaban J connectivity index is 0. The average molecular weight is 224 g/mol. The zero-order valence-corrected chi connectivity index (χ0v) is 9.46. The Morgan fingerprint density at radius 3 is 2.00 bits per heavy atom. The summed E-state index contributed by atoms with van der Waals surface area (Å²) in [6, 6.07) is 0. The van der Waals surface area contributed by atoms with Crippen molar-refractivity contribution in [2.24, 2.45) is 0 Å². The van der Waals surface area contributed by atoms with Crippen LogP contribution in [0.25, 0.3) is 0 Å². The van der Waals surface area contributed by atoms with Gasteiger partial charge in [0, 0.05) is 6.61 Å². The molecular formula is C12H25NaO2. The number of hydrogen-bond donors (Lipinski definition) is 0. The molecule has 86 valence electrons. The van der Waals surface area contributed by atoms with Crippen LogP contribution in [0.4, 0.5) is 0 Å². The molecule has 0 aromatic rings. The molecule has 3 heteroatoms. The Morgan fingerprint density at radius 1 is 0.933 bits per heavy atom. The molecule has 0 bridgehead atoms. The van der Waals surface area contributed by atoms with Gasteiger partial charge in [-0.05, 0) is 6.42 Å². The zero-order chi connectivity index (χ0) is 10.5. The van der Waals surface area contributed by atoms with Gasteiger partial charge >= 0.3 is 29.6 Å². The van der Waals surface area contributed by atoms with Crippen molar-refractivity contribution in [3.05, 3.63) is 0 Å². The molecule has 0 aromatic carbocycles. The summed E-state index contributed by atoms with van der Waals surface area (Å²) in [5.74, 6) is 0. The predicted molar refractivity (Wildman–Crippen MR) is 66.6 cm³/mol. The van der Waals surface area contributed by atoms with E-state index in [9.17, 15) is 4.79 Å². The normalized spacial score (nSPS) is 9.67. The first-order chi connectivity index (χ1) is 6.91. The summed E-state index contributed by atoms with van der Waals surface area (Å²) in [7, 11) is 0. The topological polar surface area (TPSA) is 26.3 Å². The number of ether oxygens (including phenoxy) is 1. The molecule has 0 spiro atoms. The molecule has 0 rings (SSSR count). The molecule has 0 aliphatic heterocycles. The number of carbonyl (C=O) groups excluding carboxylic acids is 1. The van der Waals surface area contributed by atoms with Crippen molar-refractivity contribution < 1.29 is 9.53 Å². The summed E-state index contributed by atoms with van der Waals surface area (Å²) in [6.45, 7) is 3.24. The molecule has 15 heavy (non-hydrogen) atoms. The van der Waals surface area contributed by atoms with Crippen LogP contribution in [0.5, 0.6) is 0 Å². The van der Waals surface area contributed by atoms with Gasteiger partial charge in [0.15, 0.2) is 0 Å². The summed E-state index contributed by atoms with van der Waals surface area (Å²) >= 11 is 0. The van der Waals surface area contributed by atoms with Gasteiger partial charge in [-0.15, -0.1) is 0 Å². The molecular weight excluding hydrogens is 199 g/mol. The number of rotatable bonds is 11. The summed E-state index contributed by atoms with van der Waals surface area (Å²) in [5, 5.41) is 0. The minimum atomic E-state index is 0. The fourth-order valence-electron chi connectivity index (χ4n) is 1.47. The molecule has 0 amide bonds. The van der Waals surface area contributed by atoms with Crippen LogP contribution >= 0.6 is 0 Å². The first kappa shape index (κ1) is 18.0. The van der Waals surface area contributed by atoms with Crippen LogP contribution in [0.2, 0.25) is 0 Å². The third kappa shape index (κ3) is 17.3. The summed E-state index contributed by atoms with van der Waals surface area (Å²) in [6.07, 6.45) is 11.3. The van der Waals surface area contributed by atoms with Crippen LogP contribution in [-0.4, -0.2) is 49.1 Å². The first-order valence-electron chi connectivity index (χ1n) is 5.93. The van der Waals surface area contributed by atoms with E-state index in [2.05, 4.69) is 6.92 Å². The summed E-state index contributed by atoms with van der Waals surface area (Å²) in [4.78, 5) is 9.92. The standard InChI is InChI=1S/C12H24O2.Na.H/c1-2-3-4-5-6-7-8-9-11-14-12-10-13;;/h10H,2-9,11-12H2,1H3;;. The van der Waals surface area contributed by atoms with Crippen molar-refractivity contribution in [1.82, 2.24) is 0 Å². The molecule has 0 saturated carbocycles. The van der Waals surface area contributed by atoms with Gasteiger partial charge in [-0.3, -0.25) is 0 Å². The molecule has 0 fully saturated rings. The Labute approximate surface area is 116 Å². The molecule has 0 aromatic heterocycles. The van der Waals surface area contributed by atoms with Crippen LogP contribution in [0.3, 0.4) is 0 Å². The third-order valence-electron chi connectivity index (χ3n) is 2.33. The van der Waals surface area contributed by atoms with Crippen molar-refractivity contribution >= 4 is 35.8 Å². The van der Waals surface area contributed by atoms with Gasteiger partial charge in [0.25, 0.3) is 0 Å². The van der Waals surface area contributed by atoms with Gasteiger partial charge < -0.3 is 9.53 Å². The molecule has 0 radical (unpaired) electrons. The van der Waals surface area contributed by atoms with Crippen molar-refractivity contribution in [2.45, 2.75) is 58.3 Å². The van der Waals surface area contributed by atoms with Crippen LogP contribution in [0, 0.1) is 0 Å². The Bertz CT molecular complexity index is 118. The monoisotopic (exact) mass is 224 g/mol. The second kappa shape index (κ2) is 17.0. The predicted octanol–water partition coefficient (Wildman–Crippen LogP) is 2.69. The maximum absolute atomic E-state index is 9.92. The van der Waals surface area contributed by atoms with E-state index >= 15 is 0 Å². The SMILES string of the molecule is CCCCCCCCCCOCC=O.[NaH].